The number of rotatable bonds is 5. The number of carbonyl (C=O) groups excluding carboxylic acids is 1. The average molecular weight is 351 g/mol. The molecule has 0 aliphatic carbocycles. The van der Waals surface area contributed by atoms with Gasteiger partial charge in [0, 0.05) is 12.1 Å². The number of allylic oxidation sites excluding steroid dienone is 1. The van der Waals surface area contributed by atoms with Gasteiger partial charge in [0.2, 0.25) is 0 Å². The van der Waals surface area contributed by atoms with Crippen molar-refractivity contribution in [3.8, 4) is 11.5 Å². The molecule has 0 bridgehead atoms. The van der Waals surface area contributed by atoms with Gasteiger partial charge in [0.25, 0.3) is 0 Å². The van der Waals surface area contributed by atoms with Gasteiger partial charge < -0.3 is 9.84 Å². The number of benzene rings is 1. The van der Waals surface area contributed by atoms with E-state index >= 15 is 0 Å². The summed E-state index contributed by atoms with van der Waals surface area (Å²) >= 11 is 3.40. The van der Waals surface area contributed by atoms with Gasteiger partial charge in [-0.05, 0) is 53.2 Å². The van der Waals surface area contributed by atoms with E-state index in [2.05, 4.69) is 21.0 Å². The molecule has 5 nitrogen and oxygen atoms in total. The standard InChI is InChI=1S/C15H15BrN2O3/c1-3-18-12(11(16)9-17-18)5-7-13(19)10-4-6-14(20)15(8-10)21-2/h4-9,20H,3H2,1-2H3/b7-5+. The molecule has 0 saturated heterocycles. The van der Waals surface area contributed by atoms with Crippen LogP contribution in [0.15, 0.2) is 34.9 Å². The number of nitrogens with zero attached hydrogens (tertiary/aromatic N) is 2. The Hall–Kier alpha value is -2.08. The first-order valence-electron chi connectivity index (χ1n) is 6.37. The van der Waals surface area contributed by atoms with E-state index in [0.29, 0.717) is 12.1 Å². The Kier molecular flexibility index (Phi) is 4.80. The lowest BCUT2D eigenvalue weighted by molar-refractivity contribution is 0.104. The van der Waals surface area contributed by atoms with Crippen molar-refractivity contribution >= 4 is 27.8 Å². The summed E-state index contributed by atoms with van der Waals surface area (Å²) in [5, 5.41) is 13.7. The molecule has 2 rings (SSSR count). The fraction of sp³-hybridized carbons (Fsp3) is 0.200. The quantitative estimate of drug-likeness (QED) is 0.663. The highest BCUT2D eigenvalue weighted by molar-refractivity contribution is 9.10. The molecule has 1 heterocycles. The average Bonchev–Trinajstić information content (AvgIpc) is 2.85. The molecule has 1 N–H and O–H groups in total. The minimum absolute atomic E-state index is 0.00448. The number of aromatic nitrogens is 2. The Morgan fingerprint density at radius 2 is 2.29 bits per heavy atom. The van der Waals surface area contributed by atoms with Gasteiger partial charge in [-0.2, -0.15) is 5.10 Å². The number of carbonyl (C=O) groups is 1. The maximum atomic E-state index is 12.2. The van der Waals surface area contributed by atoms with Gasteiger partial charge >= 0.3 is 0 Å². The smallest absolute Gasteiger partial charge is 0.186 e. The molecule has 110 valence electrons. The fourth-order valence-electron chi connectivity index (χ4n) is 1.87. The summed E-state index contributed by atoms with van der Waals surface area (Å²) in [5.74, 6) is 0.0999. The first kappa shape index (κ1) is 15.3. The Bertz CT molecular complexity index is 692. The number of hydrogen-bond donors (Lipinski definition) is 1. The van der Waals surface area contributed by atoms with Crippen molar-refractivity contribution in [2.45, 2.75) is 13.5 Å². The molecule has 21 heavy (non-hydrogen) atoms. The topological polar surface area (TPSA) is 64.4 Å². The molecular formula is C15H15BrN2O3. The summed E-state index contributed by atoms with van der Waals surface area (Å²) < 4.78 is 7.61. The third-order valence-corrected chi connectivity index (χ3v) is 3.60. The van der Waals surface area contributed by atoms with Crippen molar-refractivity contribution in [2.24, 2.45) is 0 Å². The van der Waals surface area contributed by atoms with E-state index in [-0.39, 0.29) is 17.3 Å². The van der Waals surface area contributed by atoms with Crippen LogP contribution in [0.25, 0.3) is 6.08 Å². The van der Waals surface area contributed by atoms with Crippen LogP contribution in [0, 0.1) is 0 Å². The number of phenolic OH excluding ortho intramolecular Hbond substituents is 1. The molecule has 6 heteroatoms. The van der Waals surface area contributed by atoms with Crippen molar-refractivity contribution in [3.05, 3.63) is 46.2 Å². The summed E-state index contributed by atoms with van der Waals surface area (Å²) in [5.41, 5.74) is 1.27. The first-order valence-corrected chi connectivity index (χ1v) is 7.16. The number of ether oxygens (including phenoxy) is 1. The highest BCUT2D eigenvalue weighted by atomic mass is 79.9. The normalized spacial score (nSPS) is 11.0. The Balaban J connectivity index is 2.25. The van der Waals surface area contributed by atoms with Crippen LogP contribution >= 0.6 is 15.9 Å². The monoisotopic (exact) mass is 350 g/mol. The SMILES string of the molecule is CCn1ncc(Br)c1/C=C/C(=O)c1ccc(O)c(OC)c1. The zero-order valence-electron chi connectivity index (χ0n) is 11.7. The van der Waals surface area contributed by atoms with Crippen molar-refractivity contribution in [2.75, 3.05) is 7.11 Å². The lowest BCUT2D eigenvalue weighted by atomic mass is 10.1. The van der Waals surface area contributed by atoms with Crippen molar-refractivity contribution in [3.63, 3.8) is 0 Å². The molecule has 0 aliphatic heterocycles. The molecule has 0 atom stereocenters. The molecule has 0 radical (unpaired) electrons. The third kappa shape index (κ3) is 3.33. The maximum Gasteiger partial charge on any atom is 0.186 e. The zero-order valence-corrected chi connectivity index (χ0v) is 13.3. The van der Waals surface area contributed by atoms with Crippen LogP contribution in [0.1, 0.15) is 23.0 Å². The van der Waals surface area contributed by atoms with Crippen LogP contribution in [0.2, 0.25) is 0 Å². The summed E-state index contributed by atoms with van der Waals surface area (Å²) in [4.78, 5) is 12.2. The van der Waals surface area contributed by atoms with Crippen LogP contribution < -0.4 is 4.74 Å². The zero-order chi connectivity index (χ0) is 15.4. The molecule has 0 aliphatic rings. The fourth-order valence-corrected chi connectivity index (χ4v) is 2.30. The highest BCUT2D eigenvalue weighted by Crippen LogP contribution is 2.26. The molecule has 0 spiro atoms. The number of aromatic hydroxyl groups is 1. The number of hydrogen-bond acceptors (Lipinski definition) is 4. The largest absolute Gasteiger partial charge is 0.504 e. The van der Waals surface area contributed by atoms with E-state index in [4.69, 9.17) is 4.74 Å². The molecule has 0 amide bonds. The number of halogens is 1. The summed E-state index contributed by atoms with van der Waals surface area (Å²) in [6.45, 7) is 2.69. The van der Waals surface area contributed by atoms with Gasteiger partial charge in [-0.3, -0.25) is 9.48 Å². The minimum atomic E-state index is -0.177. The molecule has 1 aromatic heterocycles. The Labute approximate surface area is 131 Å². The molecule has 0 fully saturated rings. The molecule has 2 aromatic rings. The van der Waals surface area contributed by atoms with Crippen molar-refractivity contribution < 1.29 is 14.6 Å². The van der Waals surface area contributed by atoms with E-state index in [0.717, 1.165) is 10.2 Å². The number of phenols is 1. The molecule has 0 unspecified atom stereocenters. The summed E-state index contributed by atoms with van der Waals surface area (Å²) in [7, 11) is 1.44. The second-order valence-electron chi connectivity index (χ2n) is 4.28. The predicted octanol–water partition coefficient (Wildman–Crippen LogP) is 3.28. The lowest BCUT2D eigenvalue weighted by Crippen LogP contribution is -2.00. The highest BCUT2D eigenvalue weighted by Gasteiger charge is 2.09. The number of methoxy groups -OCH3 is 1. The van der Waals surface area contributed by atoms with Gasteiger partial charge in [0.15, 0.2) is 17.3 Å². The van der Waals surface area contributed by atoms with Crippen molar-refractivity contribution in [1.29, 1.82) is 0 Å². The van der Waals surface area contributed by atoms with Gasteiger partial charge in [0.1, 0.15) is 0 Å². The van der Waals surface area contributed by atoms with Crippen LogP contribution in [-0.4, -0.2) is 27.8 Å². The summed E-state index contributed by atoms with van der Waals surface area (Å²) in [6.07, 6.45) is 4.87. The second kappa shape index (κ2) is 6.58. The van der Waals surface area contributed by atoms with Crippen LogP contribution in [0.5, 0.6) is 11.5 Å². The Morgan fingerprint density at radius 1 is 1.52 bits per heavy atom. The van der Waals surface area contributed by atoms with E-state index in [1.54, 1.807) is 23.0 Å². The maximum absolute atomic E-state index is 12.2. The van der Waals surface area contributed by atoms with Crippen molar-refractivity contribution in [1.82, 2.24) is 9.78 Å². The summed E-state index contributed by atoms with van der Waals surface area (Å²) in [6, 6.07) is 4.50. The second-order valence-corrected chi connectivity index (χ2v) is 5.13. The van der Waals surface area contributed by atoms with E-state index in [1.807, 2.05) is 6.92 Å². The van der Waals surface area contributed by atoms with Crippen LogP contribution in [0.4, 0.5) is 0 Å². The Morgan fingerprint density at radius 3 is 2.95 bits per heavy atom. The van der Waals surface area contributed by atoms with Crippen LogP contribution in [0.3, 0.4) is 0 Å². The van der Waals surface area contributed by atoms with Gasteiger partial charge in [-0.1, -0.05) is 0 Å². The van der Waals surface area contributed by atoms with Gasteiger partial charge in [-0.15, -0.1) is 0 Å². The van der Waals surface area contributed by atoms with E-state index < -0.39 is 0 Å². The molecule has 1 aromatic carbocycles. The lowest BCUT2D eigenvalue weighted by Gasteiger charge is -2.04. The molecule has 0 saturated carbocycles. The van der Waals surface area contributed by atoms with E-state index in [1.165, 1.54) is 25.3 Å². The number of ketones is 1. The molecular weight excluding hydrogens is 336 g/mol. The first-order chi connectivity index (χ1) is 10.1. The van der Waals surface area contributed by atoms with Gasteiger partial charge in [0.05, 0.1) is 23.5 Å². The van der Waals surface area contributed by atoms with Gasteiger partial charge in [-0.25, -0.2) is 0 Å². The van der Waals surface area contributed by atoms with E-state index in [9.17, 15) is 9.90 Å². The van der Waals surface area contributed by atoms with Crippen LogP contribution in [-0.2, 0) is 6.54 Å². The minimum Gasteiger partial charge on any atom is -0.504 e. The third-order valence-electron chi connectivity index (χ3n) is 2.99. The number of aryl methyl sites for hydroxylation is 1. The predicted molar refractivity (Wildman–Crippen MR) is 83.6 cm³/mol.